The smallest absolute Gasteiger partial charge is 0.360 e. The Morgan fingerprint density at radius 1 is 1.40 bits per heavy atom. The number of nitrogens with zero attached hydrogens (tertiary/aromatic N) is 2. The summed E-state index contributed by atoms with van der Waals surface area (Å²) in [5, 5.41) is 13.1. The summed E-state index contributed by atoms with van der Waals surface area (Å²) in [6, 6.07) is 6.10. The highest BCUT2D eigenvalue weighted by Crippen LogP contribution is 2.26. The van der Waals surface area contributed by atoms with E-state index in [9.17, 15) is 9.59 Å². The molecule has 0 amide bonds. The topological polar surface area (TPSA) is 81.4 Å². The van der Waals surface area contributed by atoms with E-state index in [-0.39, 0.29) is 0 Å². The number of halogens is 1. The van der Waals surface area contributed by atoms with Crippen LogP contribution < -0.4 is 10.2 Å². The number of ether oxygens (including phenoxy) is 1. The van der Waals surface area contributed by atoms with Gasteiger partial charge in [0, 0.05) is 11.8 Å². The standard InChI is InChI=1S/C13H11ClN2O4/c1-7-5-10(17)12(13(18)19)15-16(7)8-3-4-11(20-2)9(14)6-8/h3-6H,1-2H3,(H,18,19). The molecule has 0 aliphatic heterocycles. The molecule has 104 valence electrons. The maximum atomic E-state index is 11.5. The van der Waals surface area contributed by atoms with Crippen LogP contribution in [0.4, 0.5) is 0 Å². The van der Waals surface area contributed by atoms with Gasteiger partial charge in [0.2, 0.25) is 11.1 Å². The summed E-state index contributed by atoms with van der Waals surface area (Å²) in [5.74, 6) is -0.879. The predicted molar refractivity (Wildman–Crippen MR) is 73.1 cm³/mol. The lowest BCUT2D eigenvalue weighted by atomic mass is 10.2. The molecule has 0 saturated heterocycles. The highest BCUT2D eigenvalue weighted by molar-refractivity contribution is 6.32. The zero-order valence-electron chi connectivity index (χ0n) is 10.8. The number of aromatic carboxylic acids is 1. The Balaban J connectivity index is 2.63. The zero-order chi connectivity index (χ0) is 14.9. The number of aryl methyl sites for hydroxylation is 1. The molecule has 2 aromatic rings. The molecule has 0 aliphatic rings. The van der Waals surface area contributed by atoms with Crippen molar-refractivity contribution in [3.8, 4) is 11.4 Å². The molecule has 6 nitrogen and oxygen atoms in total. The lowest BCUT2D eigenvalue weighted by Gasteiger charge is -2.11. The molecule has 1 heterocycles. The molecule has 0 unspecified atom stereocenters. The van der Waals surface area contributed by atoms with Gasteiger partial charge in [0.15, 0.2) is 0 Å². The van der Waals surface area contributed by atoms with Crippen LogP contribution in [0.1, 0.15) is 16.2 Å². The first kappa shape index (κ1) is 14.1. The van der Waals surface area contributed by atoms with Gasteiger partial charge in [-0.2, -0.15) is 5.10 Å². The van der Waals surface area contributed by atoms with Gasteiger partial charge in [-0.25, -0.2) is 9.48 Å². The lowest BCUT2D eigenvalue weighted by Crippen LogP contribution is -2.22. The Kier molecular flexibility index (Phi) is 3.76. The quantitative estimate of drug-likeness (QED) is 0.935. The minimum absolute atomic E-state index is 0.363. The minimum atomic E-state index is -1.37. The summed E-state index contributed by atoms with van der Waals surface area (Å²) in [4.78, 5) is 22.5. The van der Waals surface area contributed by atoms with Crippen LogP contribution in [-0.4, -0.2) is 28.0 Å². The maximum absolute atomic E-state index is 11.5. The van der Waals surface area contributed by atoms with Crippen molar-refractivity contribution in [1.82, 2.24) is 9.78 Å². The summed E-state index contributed by atoms with van der Waals surface area (Å²) >= 11 is 6.02. The molecule has 7 heteroatoms. The minimum Gasteiger partial charge on any atom is -0.495 e. The second-order valence-corrected chi connectivity index (χ2v) is 4.44. The first-order chi connectivity index (χ1) is 9.43. The third-order valence-electron chi connectivity index (χ3n) is 2.69. The molecule has 1 N–H and O–H groups in total. The van der Waals surface area contributed by atoms with E-state index in [1.54, 1.807) is 25.1 Å². The summed E-state index contributed by atoms with van der Waals surface area (Å²) in [5.41, 5.74) is -0.134. The van der Waals surface area contributed by atoms with E-state index in [0.717, 1.165) is 0 Å². The molecule has 2 rings (SSSR count). The summed E-state index contributed by atoms with van der Waals surface area (Å²) in [6.45, 7) is 1.65. The van der Waals surface area contributed by atoms with E-state index in [1.807, 2.05) is 0 Å². The van der Waals surface area contributed by atoms with Crippen molar-refractivity contribution < 1.29 is 14.6 Å². The van der Waals surface area contributed by atoms with Crippen LogP contribution in [0.15, 0.2) is 29.1 Å². The Bertz CT molecular complexity index is 740. The number of carboxylic acids is 1. The molecule has 0 saturated carbocycles. The monoisotopic (exact) mass is 294 g/mol. The van der Waals surface area contributed by atoms with E-state index < -0.39 is 17.1 Å². The van der Waals surface area contributed by atoms with Gasteiger partial charge in [0.1, 0.15) is 5.75 Å². The fraction of sp³-hybridized carbons (Fsp3) is 0.154. The molecule has 1 aromatic heterocycles. The second kappa shape index (κ2) is 5.34. The molecular weight excluding hydrogens is 284 g/mol. The first-order valence-corrected chi connectivity index (χ1v) is 6.00. The Morgan fingerprint density at radius 3 is 2.65 bits per heavy atom. The molecule has 1 aromatic carbocycles. The van der Waals surface area contributed by atoms with Crippen molar-refractivity contribution in [2.24, 2.45) is 0 Å². The molecule has 0 fully saturated rings. The average molecular weight is 295 g/mol. The van der Waals surface area contributed by atoms with Gasteiger partial charge < -0.3 is 9.84 Å². The Morgan fingerprint density at radius 2 is 2.10 bits per heavy atom. The van der Waals surface area contributed by atoms with Crippen LogP contribution in [0.3, 0.4) is 0 Å². The van der Waals surface area contributed by atoms with Crippen molar-refractivity contribution in [2.75, 3.05) is 7.11 Å². The van der Waals surface area contributed by atoms with Crippen molar-refractivity contribution in [1.29, 1.82) is 0 Å². The van der Waals surface area contributed by atoms with Crippen LogP contribution in [-0.2, 0) is 0 Å². The number of rotatable bonds is 3. The third-order valence-corrected chi connectivity index (χ3v) is 2.99. The number of carbonyl (C=O) groups is 1. The maximum Gasteiger partial charge on any atom is 0.360 e. The van der Waals surface area contributed by atoms with E-state index >= 15 is 0 Å². The van der Waals surface area contributed by atoms with Gasteiger partial charge in [0.05, 0.1) is 17.8 Å². The first-order valence-electron chi connectivity index (χ1n) is 5.62. The number of methoxy groups -OCH3 is 1. The van der Waals surface area contributed by atoms with Crippen molar-refractivity contribution >= 4 is 17.6 Å². The summed E-state index contributed by atoms with van der Waals surface area (Å²) in [6.07, 6.45) is 0. The Labute approximate surface area is 119 Å². The van der Waals surface area contributed by atoms with Crippen LogP contribution in [0.5, 0.6) is 5.75 Å². The molecule has 0 bridgehead atoms. The van der Waals surface area contributed by atoms with E-state index in [4.69, 9.17) is 21.4 Å². The predicted octanol–water partition coefficient (Wildman–Crippen LogP) is 1.90. The fourth-order valence-corrected chi connectivity index (χ4v) is 2.00. The van der Waals surface area contributed by atoms with Crippen LogP contribution in [0.2, 0.25) is 5.02 Å². The van der Waals surface area contributed by atoms with E-state index in [2.05, 4.69) is 5.10 Å². The Hall–Kier alpha value is -2.34. The van der Waals surface area contributed by atoms with Gasteiger partial charge in [-0.3, -0.25) is 4.79 Å². The molecular formula is C13H11ClN2O4. The highest BCUT2D eigenvalue weighted by Gasteiger charge is 2.14. The van der Waals surface area contributed by atoms with Crippen molar-refractivity contribution in [3.63, 3.8) is 0 Å². The number of benzene rings is 1. The van der Waals surface area contributed by atoms with Gasteiger partial charge in [-0.15, -0.1) is 0 Å². The summed E-state index contributed by atoms with van der Waals surface area (Å²) < 4.78 is 6.38. The number of aromatic nitrogens is 2. The number of hydrogen-bond donors (Lipinski definition) is 1. The highest BCUT2D eigenvalue weighted by atomic mass is 35.5. The van der Waals surface area contributed by atoms with Gasteiger partial charge in [-0.1, -0.05) is 11.6 Å². The van der Waals surface area contributed by atoms with Gasteiger partial charge in [0.25, 0.3) is 0 Å². The molecule has 0 atom stereocenters. The average Bonchev–Trinajstić information content (AvgIpc) is 2.38. The van der Waals surface area contributed by atoms with Crippen molar-refractivity contribution in [2.45, 2.75) is 6.92 Å². The summed E-state index contributed by atoms with van der Waals surface area (Å²) in [7, 11) is 1.49. The molecule has 0 aliphatic carbocycles. The van der Waals surface area contributed by atoms with Crippen LogP contribution in [0.25, 0.3) is 5.69 Å². The number of carboxylic acid groups (broad SMARTS) is 1. The molecule has 0 spiro atoms. The SMILES string of the molecule is COc1ccc(-n2nc(C(=O)O)c(=O)cc2C)cc1Cl. The lowest BCUT2D eigenvalue weighted by molar-refractivity contribution is 0.0686. The number of hydrogen-bond acceptors (Lipinski definition) is 4. The van der Waals surface area contributed by atoms with E-state index in [1.165, 1.54) is 17.9 Å². The second-order valence-electron chi connectivity index (χ2n) is 4.03. The van der Waals surface area contributed by atoms with Crippen molar-refractivity contribution in [3.05, 3.63) is 50.9 Å². The van der Waals surface area contributed by atoms with Crippen LogP contribution in [0, 0.1) is 6.92 Å². The van der Waals surface area contributed by atoms with Gasteiger partial charge in [-0.05, 0) is 25.1 Å². The van der Waals surface area contributed by atoms with Gasteiger partial charge >= 0.3 is 5.97 Å². The molecule has 0 radical (unpaired) electrons. The normalized spacial score (nSPS) is 10.3. The van der Waals surface area contributed by atoms with E-state index in [0.29, 0.717) is 22.2 Å². The molecule has 20 heavy (non-hydrogen) atoms. The fourth-order valence-electron chi connectivity index (χ4n) is 1.74. The largest absolute Gasteiger partial charge is 0.495 e. The third kappa shape index (κ3) is 2.50. The zero-order valence-corrected chi connectivity index (χ0v) is 11.5. The van der Waals surface area contributed by atoms with Crippen LogP contribution >= 0.6 is 11.6 Å².